The van der Waals surface area contributed by atoms with Crippen LogP contribution < -0.4 is 5.73 Å². The standard InChI is InChI=1S/C15H22N4O4S/c1-15(2,3)9-23-13(20)10-6-7-11-12(8-10)19(14(16)17-11)24(21,22)18(4)5/h6-8H,9H2,1-5H3,(H2,16,17). The summed E-state index contributed by atoms with van der Waals surface area (Å²) < 4.78 is 32.0. The van der Waals surface area contributed by atoms with E-state index >= 15 is 0 Å². The Hall–Kier alpha value is -2.13. The minimum atomic E-state index is -3.86. The summed E-state index contributed by atoms with van der Waals surface area (Å²) in [7, 11) is -1.08. The average molecular weight is 354 g/mol. The molecule has 1 heterocycles. The normalized spacial score (nSPS) is 12.8. The van der Waals surface area contributed by atoms with Crippen molar-refractivity contribution >= 4 is 33.2 Å². The maximum Gasteiger partial charge on any atom is 0.338 e. The van der Waals surface area contributed by atoms with Gasteiger partial charge in [-0.2, -0.15) is 16.7 Å². The van der Waals surface area contributed by atoms with E-state index in [1.165, 1.54) is 26.2 Å². The van der Waals surface area contributed by atoms with Crippen molar-refractivity contribution in [3.05, 3.63) is 23.8 Å². The van der Waals surface area contributed by atoms with Gasteiger partial charge in [-0.05, 0) is 23.6 Å². The van der Waals surface area contributed by atoms with Gasteiger partial charge in [0.15, 0.2) is 0 Å². The number of hydrogen-bond acceptors (Lipinski definition) is 6. The van der Waals surface area contributed by atoms with E-state index in [0.29, 0.717) is 5.52 Å². The number of hydrogen-bond donors (Lipinski definition) is 1. The summed E-state index contributed by atoms with van der Waals surface area (Å²) in [5.41, 5.74) is 6.43. The monoisotopic (exact) mass is 354 g/mol. The molecule has 0 saturated carbocycles. The van der Waals surface area contributed by atoms with Gasteiger partial charge in [-0.1, -0.05) is 20.8 Å². The van der Waals surface area contributed by atoms with Crippen molar-refractivity contribution < 1.29 is 17.9 Å². The van der Waals surface area contributed by atoms with Crippen molar-refractivity contribution in [3.8, 4) is 0 Å². The number of esters is 1. The minimum absolute atomic E-state index is 0.166. The number of nitrogens with two attached hydrogens (primary N) is 1. The van der Waals surface area contributed by atoms with E-state index in [4.69, 9.17) is 10.5 Å². The predicted octanol–water partition coefficient (Wildman–Crippen LogP) is 1.48. The molecule has 0 amide bonds. The van der Waals surface area contributed by atoms with Crippen LogP contribution in [0, 0.1) is 5.41 Å². The average Bonchev–Trinajstić information content (AvgIpc) is 2.79. The van der Waals surface area contributed by atoms with Gasteiger partial charge in [0.25, 0.3) is 0 Å². The molecule has 0 bridgehead atoms. The molecule has 2 aromatic rings. The van der Waals surface area contributed by atoms with Gasteiger partial charge in [0.05, 0.1) is 23.2 Å². The number of fused-ring (bicyclic) bond motifs is 1. The second kappa shape index (κ2) is 6.06. The molecular formula is C15H22N4O4S. The molecule has 0 atom stereocenters. The number of ether oxygens (including phenoxy) is 1. The van der Waals surface area contributed by atoms with Gasteiger partial charge >= 0.3 is 16.2 Å². The second-order valence-electron chi connectivity index (χ2n) is 6.86. The quantitative estimate of drug-likeness (QED) is 0.833. The van der Waals surface area contributed by atoms with Gasteiger partial charge < -0.3 is 10.5 Å². The van der Waals surface area contributed by atoms with Gasteiger partial charge in [-0.15, -0.1) is 0 Å². The van der Waals surface area contributed by atoms with Gasteiger partial charge in [0, 0.05) is 14.1 Å². The fraction of sp³-hybridized carbons (Fsp3) is 0.467. The molecule has 2 N–H and O–H groups in total. The Labute approximate surface area is 141 Å². The van der Waals surface area contributed by atoms with E-state index in [-0.39, 0.29) is 29.1 Å². The zero-order chi connectivity index (χ0) is 18.3. The molecule has 0 aliphatic carbocycles. The van der Waals surface area contributed by atoms with Gasteiger partial charge in [-0.25, -0.2) is 9.78 Å². The Kier molecular flexibility index (Phi) is 4.60. The number of nitrogens with zero attached hydrogens (tertiary/aromatic N) is 3. The fourth-order valence-electron chi connectivity index (χ4n) is 1.97. The van der Waals surface area contributed by atoms with E-state index in [1.54, 1.807) is 6.07 Å². The highest BCUT2D eigenvalue weighted by Crippen LogP contribution is 2.23. The molecule has 0 aliphatic heterocycles. The third-order valence-corrected chi connectivity index (χ3v) is 4.97. The van der Waals surface area contributed by atoms with Crippen LogP contribution >= 0.6 is 0 Å². The first-order valence-corrected chi connectivity index (χ1v) is 8.71. The van der Waals surface area contributed by atoms with Crippen LogP contribution in [0.1, 0.15) is 31.1 Å². The van der Waals surface area contributed by atoms with Crippen molar-refractivity contribution in [1.82, 2.24) is 13.3 Å². The van der Waals surface area contributed by atoms with Crippen LogP contribution in [0.15, 0.2) is 18.2 Å². The Balaban J connectivity index is 2.49. The van der Waals surface area contributed by atoms with Gasteiger partial charge in [0.2, 0.25) is 5.95 Å². The maximum atomic E-state index is 12.4. The molecule has 0 spiro atoms. The van der Waals surface area contributed by atoms with Crippen LogP contribution in [0.2, 0.25) is 0 Å². The summed E-state index contributed by atoms with van der Waals surface area (Å²) in [6.07, 6.45) is 0. The van der Waals surface area contributed by atoms with E-state index in [2.05, 4.69) is 4.98 Å². The molecule has 0 radical (unpaired) electrons. The number of rotatable bonds is 4. The zero-order valence-corrected chi connectivity index (χ0v) is 15.2. The molecule has 1 aromatic carbocycles. The zero-order valence-electron chi connectivity index (χ0n) is 14.4. The molecule has 2 rings (SSSR count). The molecule has 0 unspecified atom stereocenters. The van der Waals surface area contributed by atoms with Crippen molar-refractivity contribution in [2.45, 2.75) is 20.8 Å². The highest BCUT2D eigenvalue weighted by atomic mass is 32.2. The molecule has 0 fully saturated rings. The SMILES string of the molecule is CN(C)S(=O)(=O)n1c(N)nc2ccc(C(=O)OCC(C)(C)C)cc21. The molecule has 8 nitrogen and oxygen atoms in total. The molecule has 0 aliphatic rings. The Morgan fingerprint density at radius 1 is 1.33 bits per heavy atom. The summed E-state index contributed by atoms with van der Waals surface area (Å²) in [6.45, 7) is 6.09. The lowest BCUT2D eigenvalue weighted by Gasteiger charge is -2.18. The Morgan fingerprint density at radius 2 is 1.96 bits per heavy atom. The molecule has 24 heavy (non-hydrogen) atoms. The number of carbonyl (C=O) groups excluding carboxylic acids is 1. The van der Waals surface area contributed by atoms with Crippen LogP contribution in [0.5, 0.6) is 0 Å². The number of benzene rings is 1. The summed E-state index contributed by atoms with van der Waals surface area (Å²) in [4.78, 5) is 16.2. The number of anilines is 1. The third-order valence-electron chi connectivity index (χ3n) is 3.20. The first-order chi connectivity index (χ1) is 10.9. The van der Waals surface area contributed by atoms with Gasteiger partial charge in [-0.3, -0.25) is 0 Å². The van der Waals surface area contributed by atoms with Crippen molar-refractivity contribution in [2.75, 3.05) is 26.4 Å². The summed E-state index contributed by atoms with van der Waals surface area (Å²) in [5, 5.41) is 0. The smallest absolute Gasteiger partial charge is 0.338 e. The minimum Gasteiger partial charge on any atom is -0.462 e. The van der Waals surface area contributed by atoms with Gasteiger partial charge in [0.1, 0.15) is 0 Å². The molecular weight excluding hydrogens is 332 g/mol. The maximum absolute atomic E-state index is 12.4. The molecule has 132 valence electrons. The number of carbonyl (C=O) groups is 1. The highest BCUT2D eigenvalue weighted by Gasteiger charge is 2.24. The number of imidazole rings is 1. The van der Waals surface area contributed by atoms with E-state index < -0.39 is 16.2 Å². The lowest BCUT2D eigenvalue weighted by molar-refractivity contribution is 0.0367. The van der Waals surface area contributed by atoms with E-state index in [0.717, 1.165) is 8.28 Å². The summed E-state index contributed by atoms with van der Waals surface area (Å²) in [5.74, 6) is -0.695. The van der Waals surface area contributed by atoms with Crippen molar-refractivity contribution in [3.63, 3.8) is 0 Å². The topological polar surface area (TPSA) is 108 Å². The van der Waals surface area contributed by atoms with Crippen LogP contribution in [0.4, 0.5) is 5.95 Å². The largest absolute Gasteiger partial charge is 0.462 e. The Morgan fingerprint density at radius 3 is 2.50 bits per heavy atom. The number of nitrogen functional groups attached to an aromatic ring is 1. The van der Waals surface area contributed by atoms with Crippen LogP contribution in [0.25, 0.3) is 11.0 Å². The first-order valence-electron chi connectivity index (χ1n) is 7.31. The summed E-state index contributed by atoms with van der Waals surface area (Å²) >= 11 is 0. The molecule has 1 aromatic heterocycles. The second-order valence-corrected chi connectivity index (χ2v) is 8.86. The van der Waals surface area contributed by atoms with Crippen molar-refractivity contribution in [2.24, 2.45) is 5.41 Å². The number of aromatic nitrogens is 2. The molecule has 0 saturated heterocycles. The molecule has 9 heteroatoms. The van der Waals surface area contributed by atoms with E-state index in [9.17, 15) is 13.2 Å². The lowest BCUT2D eigenvalue weighted by Crippen LogP contribution is -2.29. The highest BCUT2D eigenvalue weighted by molar-refractivity contribution is 7.87. The fourth-order valence-corrected chi connectivity index (χ4v) is 2.97. The van der Waals surface area contributed by atoms with Crippen LogP contribution in [0.3, 0.4) is 0 Å². The van der Waals surface area contributed by atoms with E-state index in [1.807, 2.05) is 20.8 Å². The van der Waals surface area contributed by atoms with Crippen LogP contribution in [-0.4, -0.2) is 48.4 Å². The lowest BCUT2D eigenvalue weighted by atomic mass is 9.99. The van der Waals surface area contributed by atoms with Crippen LogP contribution in [-0.2, 0) is 14.9 Å². The Bertz CT molecular complexity index is 879. The first kappa shape index (κ1) is 18.2. The van der Waals surface area contributed by atoms with Crippen molar-refractivity contribution in [1.29, 1.82) is 0 Å². The third kappa shape index (κ3) is 3.51. The predicted molar refractivity (Wildman–Crippen MR) is 91.9 cm³/mol. The summed E-state index contributed by atoms with van der Waals surface area (Å²) in [6, 6.07) is 4.50.